The topological polar surface area (TPSA) is 37.3 Å². The SMILES string of the molecule is CC(C)(C)NC(=O)N1CCn2cccc2[C@@H]1c1cccc(F)c1. The van der Waals surface area contributed by atoms with E-state index >= 15 is 0 Å². The molecule has 23 heavy (non-hydrogen) atoms. The molecule has 1 N–H and O–H groups in total. The van der Waals surface area contributed by atoms with Crippen molar-refractivity contribution in [3.05, 3.63) is 59.7 Å². The molecule has 122 valence electrons. The molecule has 0 saturated heterocycles. The number of fused-ring (bicyclic) bond motifs is 1. The number of amides is 2. The molecule has 1 aromatic heterocycles. The Labute approximate surface area is 135 Å². The lowest BCUT2D eigenvalue weighted by Crippen LogP contribution is -2.52. The van der Waals surface area contributed by atoms with E-state index in [0.29, 0.717) is 6.54 Å². The Morgan fingerprint density at radius 2 is 2.00 bits per heavy atom. The summed E-state index contributed by atoms with van der Waals surface area (Å²) < 4.78 is 15.8. The Hall–Kier alpha value is -2.30. The Bertz CT molecular complexity index is 717. The highest BCUT2D eigenvalue weighted by molar-refractivity contribution is 5.76. The Morgan fingerprint density at radius 3 is 2.70 bits per heavy atom. The van der Waals surface area contributed by atoms with Crippen molar-refractivity contribution in [1.29, 1.82) is 0 Å². The fourth-order valence-corrected chi connectivity index (χ4v) is 3.02. The number of carbonyl (C=O) groups is 1. The minimum Gasteiger partial charge on any atom is -0.348 e. The van der Waals surface area contributed by atoms with Crippen LogP contribution in [0.25, 0.3) is 0 Å². The third-order valence-corrected chi connectivity index (χ3v) is 3.95. The Kier molecular flexibility index (Phi) is 3.88. The van der Waals surface area contributed by atoms with Crippen molar-refractivity contribution in [2.24, 2.45) is 0 Å². The summed E-state index contributed by atoms with van der Waals surface area (Å²) in [4.78, 5) is 14.5. The molecule has 0 fully saturated rings. The first-order valence-corrected chi connectivity index (χ1v) is 7.84. The summed E-state index contributed by atoms with van der Waals surface area (Å²) >= 11 is 0. The average molecular weight is 315 g/mol. The molecule has 1 aromatic carbocycles. The number of hydrogen-bond acceptors (Lipinski definition) is 1. The summed E-state index contributed by atoms with van der Waals surface area (Å²) in [6, 6.07) is 10.0. The van der Waals surface area contributed by atoms with Gasteiger partial charge in [0.25, 0.3) is 0 Å². The predicted octanol–water partition coefficient (Wildman–Crippen LogP) is 3.54. The van der Waals surface area contributed by atoms with Crippen molar-refractivity contribution in [2.75, 3.05) is 6.54 Å². The summed E-state index contributed by atoms with van der Waals surface area (Å²) in [6.45, 7) is 7.19. The summed E-state index contributed by atoms with van der Waals surface area (Å²) in [5, 5.41) is 3.01. The lowest BCUT2D eigenvalue weighted by Gasteiger charge is -2.38. The van der Waals surface area contributed by atoms with Crippen LogP contribution >= 0.6 is 0 Å². The molecule has 2 amide bonds. The highest BCUT2D eigenvalue weighted by Crippen LogP contribution is 2.32. The molecule has 1 atom stereocenters. The second-order valence-corrected chi connectivity index (χ2v) is 6.96. The molecular formula is C18H22FN3O. The number of nitrogens with zero attached hydrogens (tertiary/aromatic N) is 2. The van der Waals surface area contributed by atoms with E-state index in [4.69, 9.17) is 0 Å². The van der Waals surface area contributed by atoms with Gasteiger partial charge in [-0.1, -0.05) is 12.1 Å². The maximum absolute atomic E-state index is 13.7. The molecule has 0 unspecified atom stereocenters. The zero-order valence-electron chi connectivity index (χ0n) is 13.7. The largest absolute Gasteiger partial charge is 0.348 e. The van der Waals surface area contributed by atoms with Gasteiger partial charge < -0.3 is 14.8 Å². The van der Waals surface area contributed by atoms with E-state index in [1.54, 1.807) is 11.0 Å². The summed E-state index contributed by atoms with van der Waals surface area (Å²) in [6.07, 6.45) is 2.00. The Balaban J connectivity index is 2.00. The van der Waals surface area contributed by atoms with Gasteiger partial charge in [-0.05, 0) is 50.6 Å². The highest BCUT2D eigenvalue weighted by atomic mass is 19.1. The lowest BCUT2D eigenvalue weighted by molar-refractivity contribution is 0.160. The molecule has 1 aliphatic heterocycles. The summed E-state index contributed by atoms with van der Waals surface area (Å²) in [5.41, 5.74) is 1.47. The van der Waals surface area contributed by atoms with Crippen LogP contribution in [-0.2, 0) is 6.54 Å². The molecule has 4 nitrogen and oxygen atoms in total. The lowest BCUT2D eigenvalue weighted by atomic mass is 10.00. The molecule has 1 aliphatic rings. The van der Waals surface area contributed by atoms with Gasteiger partial charge in [0.1, 0.15) is 5.82 Å². The summed E-state index contributed by atoms with van der Waals surface area (Å²) in [7, 11) is 0. The van der Waals surface area contributed by atoms with E-state index in [1.807, 2.05) is 45.2 Å². The molecular weight excluding hydrogens is 293 g/mol. The van der Waals surface area contributed by atoms with Crippen LogP contribution in [0.15, 0.2) is 42.6 Å². The maximum Gasteiger partial charge on any atom is 0.318 e. The van der Waals surface area contributed by atoms with Gasteiger partial charge in [-0.3, -0.25) is 0 Å². The van der Waals surface area contributed by atoms with Gasteiger partial charge in [0.05, 0.1) is 6.04 Å². The van der Waals surface area contributed by atoms with Gasteiger partial charge in [-0.25, -0.2) is 9.18 Å². The molecule has 0 spiro atoms. The molecule has 0 bridgehead atoms. The van der Waals surface area contributed by atoms with Crippen LogP contribution in [0.1, 0.15) is 38.1 Å². The molecule has 0 radical (unpaired) electrons. The van der Waals surface area contributed by atoms with Gasteiger partial charge in [-0.2, -0.15) is 0 Å². The van der Waals surface area contributed by atoms with E-state index in [-0.39, 0.29) is 23.4 Å². The Morgan fingerprint density at radius 1 is 1.22 bits per heavy atom. The van der Waals surface area contributed by atoms with Crippen molar-refractivity contribution in [2.45, 2.75) is 38.9 Å². The first kappa shape index (κ1) is 15.6. The van der Waals surface area contributed by atoms with Crippen LogP contribution in [0.3, 0.4) is 0 Å². The first-order chi connectivity index (χ1) is 10.8. The first-order valence-electron chi connectivity index (χ1n) is 7.84. The number of rotatable bonds is 1. The highest BCUT2D eigenvalue weighted by Gasteiger charge is 2.33. The quantitative estimate of drug-likeness (QED) is 0.858. The van der Waals surface area contributed by atoms with E-state index < -0.39 is 0 Å². The van der Waals surface area contributed by atoms with Gasteiger partial charge >= 0.3 is 6.03 Å². The minimum atomic E-state index is -0.316. The van der Waals surface area contributed by atoms with E-state index in [0.717, 1.165) is 17.8 Å². The third-order valence-electron chi connectivity index (χ3n) is 3.95. The van der Waals surface area contributed by atoms with Crippen LogP contribution < -0.4 is 5.32 Å². The van der Waals surface area contributed by atoms with Crippen molar-refractivity contribution in [1.82, 2.24) is 14.8 Å². The van der Waals surface area contributed by atoms with Crippen molar-refractivity contribution < 1.29 is 9.18 Å². The molecule has 0 aliphatic carbocycles. The van der Waals surface area contributed by atoms with Crippen LogP contribution in [0.4, 0.5) is 9.18 Å². The number of aromatic nitrogens is 1. The smallest absolute Gasteiger partial charge is 0.318 e. The second-order valence-electron chi connectivity index (χ2n) is 6.96. The average Bonchev–Trinajstić information content (AvgIpc) is 2.92. The summed E-state index contributed by atoms with van der Waals surface area (Å²) in [5.74, 6) is -0.289. The predicted molar refractivity (Wildman–Crippen MR) is 87.7 cm³/mol. The number of halogens is 1. The zero-order chi connectivity index (χ0) is 16.6. The fourth-order valence-electron chi connectivity index (χ4n) is 3.02. The van der Waals surface area contributed by atoms with E-state index in [1.165, 1.54) is 12.1 Å². The fraction of sp³-hybridized carbons (Fsp3) is 0.389. The van der Waals surface area contributed by atoms with Gasteiger partial charge in [0.15, 0.2) is 0 Å². The molecule has 3 rings (SSSR count). The molecule has 2 heterocycles. The molecule has 2 aromatic rings. The zero-order valence-corrected chi connectivity index (χ0v) is 13.7. The number of urea groups is 1. The minimum absolute atomic E-state index is 0.126. The van der Waals surface area contributed by atoms with E-state index in [2.05, 4.69) is 9.88 Å². The van der Waals surface area contributed by atoms with Crippen LogP contribution in [0.2, 0.25) is 0 Å². The second kappa shape index (κ2) is 5.72. The number of nitrogens with one attached hydrogen (secondary N) is 1. The standard InChI is InChI=1S/C18H22FN3O/c1-18(2,3)20-17(23)22-11-10-21-9-5-8-15(21)16(22)13-6-4-7-14(19)12-13/h4-9,12,16H,10-11H2,1-3H3,(H,20,23)/t16-/m0/s1. The van der Waals surface area contributed by atoms with Crippen molar-refractivity contribution >= 4 is 6.03 Å². The van der Waals surface area contributed by atoms with Crippen molar-refractivity contribution in [3.8, 4) is 0 Å². The molecule has 5 heteroatoms. The third kappa shape index (κ3) is 3.23. The van der Waals surface area contributed by atoms with Gasteiger partial charge in [0, 0.05) is 30.5 Å². The van der Waals surface area contributed by atoms with Gasteiger partial charge in [-0.15, -0.1) is 0 Å². The molecule has 0 saturated carbocycles. The van der Waals surface area contributed by atoms with Crippen LogP contribution in [0, 0.1) is 5.82 Å². The maximum atomic E-state index is 13.7. The normalized spacial score (nSPS) is 17.7. The number of benzene rings is 1. The van der Waals surface area contributed by atoms with Crippen LogP contribution in [-0.4, -0.2) is 27.6 Å². The van der Waals surface area contributed by atoms with E-state index in [9.17, 15) is 9.18 Å². The van der Waals surface area contributed by atoms with Crippen LogP contribution in [0.5, 0.6) is 0 Å². The number of carbonyl (C=O) groups excluding carboxylic acids is 1. The van der Waals surface area contributed by atoms with Crippen molar-refractivity contribution in [3.63, 3.8) is 0 Å². The monoisotopic (exact) mass is 315 g/mol. The number of hydrogen-bond donors (Lipinski definition) is 1. The van der Waals surface area contributed by atoms with Gasteiger partial charge in [0.2, 0.25) is 0 Å².